The first kappa shape index (κ1) is 44.3. The molecule has 2 fully saturated rings. The quantitative estimate of drug-likeness (QED) is 0.175. The van der Waals surface area contributed by atoms with E-state index in [-0.39, 0.29) is 25.3 Å². The number of anilines is 2. The molecule has 0 radical (unpaired) electrons. The fourth-order valence-corrected chi connectivity index (χ4v) is 10.7. The lowest BCUT2D eigenvalue weighted by Crippen LogP contribution is -2.30. The molecule has 0 amide bonds. The molecule has 14 heteroatoms. The van der Waals surface area contributed by atoms with Gasteiger partial charge in [0.05, 0.1) is 59.5 Å². The third-order valence-corrected chi connectivity index (χ3v) is 14.2. The van der Waals surface area contributed by atoms with Gasteiger partial charge in [0.25, 0.3) is 0 Å². The Kier molecular flexibility index (Phi) is 13.9. The zero-order valence-electron chi connectivity index (χ0n) is 38.5. The van der Waals surface area contributed by atoms with Crippen LogP contribution >= 0.6 is 0 Å². The highest BCUT2D eigenvalue weighted by molar-refractivity contribution is 5.56. The van der Waals surface area contributed by atoms with Gasteiger partial charge in [-0.3, -0.25) is 28.6 Å². The van der Waals surface area contributed by atoms with Crippen molar-refractivity contribution in [1.82, 2.24) is 48.3 Å². The largest absolute Gasteiger partial charge is 0.390 e. The summed E-state index contributed by atoms with van der Waals surface area (Å²) in [6.07, 6.45) is 12.9. The molecule has 64 heavy (non-hydrogen) atoms. The van der Waals surface area contributed by atoms with E-state index in [1.807, 2.05) is 36.7 Å². The molecule has 4 aliphatic rings. The van der Waals surface area contributed by atoms with Crippen LogP contribution in [0.25, 0.3) is 11.3 Å². The van der Waals surface area contributed by atoms with Crippen LogP contribution in [-0.2, 0) is 39.1 Å². The minimum absolute atomic E-state index is 0.0192. The van der Waals surface area contributed by atoms with Crippen LogP contribution in [0, 0.1) is 0 Å². The second-order valence-corrected chi connectivity index (χ2v) is 18.5. The molecule has 0 saturated carbocycles. The van der Waals surface area contributed by atoms with E-state index in [1.54, 1.807) is 0 Å². The molecule has 6 aromatic heterocycles. The molecule has 6 aromatic rings. The number of aryl methyl sites for hydroxylation is 2. The van der Waals surface area contributed by atoms with E-state index in [0.29, 0.717) is 13.1 Å². The number of likely N-dealkylation sites (N-methyl/N-ethyl adjacent to an activating group) is 2. The van der Waals surface area contributed by atoms with Crippen molar-refractivity contribution in [2.75, 3.05) is 90.3 Å². The summed E-state index contributed by atoms with van der Waals surface area (Å²) in [5.74, 6) is 2.26. The Morgan fingerprint density at radius 1 is 0.547 bits per heavy atom. The number of rotatable bonds is 10. The molecule has 10 rings (SSSR count). The summed E-state index contributed by atoms with van der Waals surface area (Å²) in [5, 5.41) is 20.8. The average molecular weight is 869 g/mol. The summed E-state index contributed by atoms with van der Waals surface area (Å²) in [5.41, 5.74) is 10.7. The Morgan fingerprint density at radius 3 is 1.44 bits per heavy atom. The van der Waals surface area contributed by atoms with E-state index >= 15 is 0 Å². The van der Waals surface area contributed by atoms with Crippen LogP contribution in [-0.4, -0.2) is 139 Å². The van der Waals surface area contributed by atoms with Crippen LogP contribution in [0.15, 0.2) is 73.1 Å². The Hall–Kier alpha value is -4.96. The van der Waals surface area contributed by atoms with E-state index in [4.69, 9.17) is 19.9 Å². The van der Waals surface area contributed by atoms with Crippen molar-refractivity contribution in [2.45, 2.75) is 89.8 Å². The summed E-state index contributed by atoms with van der Waals surface area (Å²) in [4.78, 5) is 33.7. The molecule has 2 saturated heterocycles. The van der Waals surface area contributed by atoms with Crippen LogP contribution < -0.4 is 9.80 Å². The van der Waals surface area contributed by atoms with Crippen molar-refractivity contribution < 1.29 is 10.2 Å². The predicted octanol–water partition coefficient (Wildman–Crippen LogP) is 5.75. The van der Waals surface area contributed by atoms with E-state index in [0.717, 1.165) is 137 Å². The van der Waals surface area contributed by atoms with Crippen LogP contribution in [0.4, 0.5) is 11.6 Å². The van der Waals surface area contributed by atoms with Gasteiger partial charge in [0.2, 0.25) is 0 Å². The van der Waals surface area contributed by atoms with Gasteiger partial charge in [0.1, 0.15) is 22.9 Å². The van der Waals surface area contributed by atoms with Crippen LogP contribution in [0.3, 0.4) is 0 Å². The van der Waals surface area contributed by atoms with Crippen molar-refractivity contribution in [3.63, 3.8) is 0 Å². The van der Waals surface area contributed by atoms with Gasteiger partial charge in [-0.1, -0.05) is 24.3 Å². The highest BCUT2D eigenvalue weighted by Crippen LogP contribution is 2.35. The first-order chi connectivity index (χ1) is 31.3. The Labute approximate surface area is 378 Å². The molecule has 2 N–H and O–H groups in total. The molecule has 0 aromatic carbocycles. The number of imidazole rings is 2. The molecular formula is C50H68N12O2. The van der Waals surface area contributed by atoms with Gasteiger partial charge in [-0.15, -0.1) is 0 Å². The Balaban J connectivity index is 0.000000162. The van der Waals surface area contributed by atoms with Gasteiger partial charge >= 0.3 is 0 Å². The van der Waals surface area contributed by atoms with Gasteiger partial charge in [0, 0.05) is 64.8 Å². The van der Waals surface area contributed by atoms with Crippen LogP contribution in [0.5, 0.6) is 0 Å². The van der Waals surface area contributed by atoms with Gasteiger partial charge in [-0.05, 0) is 140 Å². The maximum atomic E-state index is 10.4. The number of aliphatic hydroxyl groups excluding tert-OH is 2. The van der Waals surface area contributed by atoms with E-state index in [9.17, 15) is 10.2 Å². The molecule has 0 spiro atoms. The first-order valence-corrected chi connectivity index (χ1v) is 23.7. The highest BCUT2D eigenvalue weighted by Gasteiger charge is 2.29. The number of fused-ring (bicyclic) bond motifs is 4. The lowest BCUT2D eigenvalue weighted by Gasteiger charge is -2.32. The highest BCUT2D eigenvalue weighted by atomic mass is 16.3. The van der Waals surface area contributed by atoms with Gasteiger partial charge in [-0.2, -0.15) is 0 Å². The number of aliphatic hydroxyl groups is 2. The van der Waals surface area contributed by atoms with Crippen molar-refractivity contribution >= 4 is 22.9 Å². The third-order valence-electron chi connectivity index (χ3n) is 14.2. The fraction of sp³-hybridized carbons (Fsp3) is 0.520. The summed E-state index contributed by atoms with van der Waals surface area (Å²) in [6, 6.07) is 21.7. The Bertz CT molecular complexity index is 2330. The maximum Gasteiger partial charge on any atom is 0.138 e. The molecule has 340 valence electrons. The molecule has 8 heterocycles. The van der Waals surface area contributed by atoms with Gasteiger partial charge in [0.15, 0.2) is 0 Å². The SMILES string of the molecule is CN1CCCN(c2cccc3nc(CN(C)[C@H]4CCCc5cccnc54)c(CO)n23)CC1.CN1CCCN(c2cccc3nc(CN(C)[C@H]4CCCc5cccnc54)c(CO)n23)CC1. The topological polar surface area (TPSA) is 120 Å². The average Bonchev–Trinajstić information content (AvgIpc) is 3.67. The monoisotopic (exact) mass is 869 g/mol. The van der Waals surface area contributed by atoms with Gasteiger partial charge in [-0.25, -0.2) is 9.97 Å². The van der Waals surface area contributed by atoms with Gasteiger partial charge < -0.3 is 29.8 Å². The molecule has 2 aliphatic carbocycles. The smallest absolute Gasteiger partial charge is 0.138 e. The van der Waals surface area contributed by atoms with E-state index in [1.165, 1.54) is 35.4 Å². The lowest BCUT2D eigenvalue weighted by molar-refractivity contribution is 0.203. The van der Waals surface area contributed by atoms with Crippen molar-refractivity contribution in [3.05, 3.63) is 118 Å². The molecular weight excluding hydrogens is 801 g/mol. The van der Waals surface area contributed by atoms with Crippen LogP contribution in [0.1, 0.15) is 95.9 Å². The lowest BCUT2D eigenvalue weighted by atomic mass is 9.91. The summed E-state index contributed by atoms with van der Waals surface area (Å²) in [7, 11) is 8.69. The van der Waals surface area contributed by atoms with Crippen molar-refractivity contribution in [2.24, 2.45) is 0 Å². The number of aromatic nitrogens is 6. The fourth-order valence-electron chi connectivity index (χ4n) is 10.7. The number of pyridine rings is 4. The summed E-state index contributed by atoms with van der Waals surface area (Å²) < 4.78 is 4.34. The molecule has 14 nitrogen and oxygen atoms in total. The number of hydrogen-bond acceptors (Lipinski definition) is 12. The molecule has 2 aliphatic heterocycles. The second-order valence-electron chi connectivity index (χ2n) is 18.5. The summed E-state index contributed by atoms with van der Waals surface area (Å²) in [6.45, 7) is 9.69. The minimum Gasteiger partial charge on any atom is -0.390 e. The standard InChI is InChI=1S/2C25H34N6O/c2*1-28-13-6-14-30(16-15-28)24-11-4-10-23-27-20(22(18-32)31(23)24)17-29(2)21-9-3-7-19-8-5-12-26-25(19)21/h2*4-5,8,10-12,21,32H,3,6-7,9,13-18H2,1-2H3/t2*21-/m00/s1. The summed E-state index contributed by atoms with van der Waals surface area (Å²) >= 11 is 0. The molecule has 2 atom stereocenters. The van der Waals surface area contributed by atoms with Crippen molar-refractivity contribution in [3.8, 4) is 0 Å². The van der Waals surface area contributed by atoms with E-state index in [2.05, 4.69) is 103 Å². The number of nitrogens with zero attached hydrogens (tertiary/aromatic N) is 12. The third kappa shape index (κ3) is 9.27. The second kappa shape index (κ2) is 20.1. The van der Waals surface area contributed by atoms with E-state index < -0.39 is 0 Å². The minimum atomic E-state index is -0.0192. The zero-order valence-corrected chi connectivity index (χ0v) is 38.5. The normalized spacial score (nSPS) is 20.0. The van der Waals surface area contributed by atoms with Crippen molar-refractivity contribution in [1.29, 1.82) is 0 Å². The maximum absolute atomic E-state index is 10.4. The molecule has 0 unspecified atom stereocenters. The predicted molar refractivity (Wildman–Crippen MR) is 254 cm³/mol. The Morgan fingerprint density at radius 2 is 1.00 bits per heavy atom. The van der Waals surface area contributed by atoms with Crippen LogP contribution in [0.2, 0.25) is 0 Å². The first-order valence-electron chi connectivity index (χ1n) is 23.7. The molecule has 0 bridgehead atoms. The zero-order chi connectivity index (χ0) is 44.2. The number of hydrogen-bond donors (Lipinski definition) is 2.